The standard InChI is InChI=1S/C10H6F3NO3/c1-14-7-5(8(15)17-9(14)16)3-2-4-6(7)10(11,12)13/h2-4H,1H3. The first-order valence-electron chi connectivity index (χ1n) is 4.52. The van der Waals surface area contributed by atoms with E-state index in [1.54, 1.807) is 0 Å². The highest BCUT2D eigenvalue weighted by Crippen LogP contribution is 2.33. The molecule has 0 spiro atoms. The van der Waals surface area contributed by atoms with Crippen LogP contribution in [0.4, 0.5) is 13.2 Å². The van der Waals surface area contributed by atoms with Gasteiger partial charge in [-0.3, -0.25) is 4.57 Å². The summed E-state index contributed by atoms with van der Waals surface area (Å²) in [7, 11) is 1.11. The molecule has 0 N–H and O–H groups in total. The molecule has 0 saturated heterocycles. The van der Waals surface area contributed by atoms with E-state index in [2.05, 4.69) is 4.42 Å². The van der Waals surface area contributed by atoms with Crippen molar-refractivity contribution in [3.05, 3.63) is 44.7 Å². The van der Waals surface area contributed by atoms with Crippen LogP contribution in [0.1, 0.15) is 5.56 Å². The quantitative estimate of drug-likeness (QED) is 0.706. The van der Waals surface area contributed by atoms with Crippen LogP contribution in [0.5, 0.6) is 0 Å². The van der Waals surface area contributed by atoms with E-state index in [1.807, 2.05) is 0 Å². The number of nitrogens with zero attached hydrogens (tertiary/aromatic N) is 1. The van der Waals surface area contributed by atoms with Gasteiger partial charge < -0.3 is 4.42 Å². The maximum atomic E-state index is 12.7. The van der Waals surface area contributed by atoms with Gasteiger partial charge in [0.05, 0.1) is 16.5 Å². The number of benzene rings is 1. The largest absolute Gasteiger partial charge is 0.422 e. The average Bonchev–Trinajstić information content (AvgIpc) is 2.24. The summed E-state index contributed by atoms with van der Waals surface area (Å²) in [6.07, 6.45) is -4.64. The summed E-state index contributed by atoms with van der Waals surface area (Å²) in [6, 6.07) is 3.07. The predicted molar refractivity (Wildman–Crippen MR) is 52.7 cm³/mol. The van der Waals surface area contributed by atoms with E-state index < -0.39 is 28.6 Å². The molecule has 0 unspecified atom stereocenters. The summed E-state index contributed by atoms with van der Waals surface area (Å²) in [4.78, 5) is 22.4. The molecule has 4 nitrogen and oxygen atoms in total. The fraction of sp³-hybridized carbons (Fsp3) is 0.200. The van der Waals surface area contributed by atoms with Gasteiger partial charge in [0, 0.05) is 7.05 Å². The fourth-order valence-corrected chi connectivity index (χ4v) is 1.59. The van der Waals surface area contributed by atoms with Crippen LogP contribution < -0.4 is 11.4 Å². The molecule has 0 aliphatic heterocycles. The zero-order chi connectivity index (χ0) is 12.8. The van der Waals surface area contributed by atoms with Gasteiger partial charge >= 0.3 is 17.6 Å². The molecule has 17 heavy (non-hydrogen) atoms. The number of aromatic nitrogens is 1. The minimum atomic E-state index is -4.64. The first-order chi connectivity index (χ1) is 7.82. The molecular formula is C10H6F3NO3. The molecule has 0 amide bonds. The van der Waals surface area contributed by atoms with Gasteiger partial charge in [-0.2, -0.15) is 13.2 Å². The summed E-state index contributed by atoms with van der Waals surface area (Å²) in [5, 5.41) is -0.276. The molecule has 0 saturated carbocycles. The zero-order valence-electron chi connectivity index (χ0n) is 8.54. The third-order valence-corrected chi connectivity index (χ3v) is 2.35. The molecule has 1 heterocycles. The number of alkyl halides is 3. The van der Waals surface area contributed by atoms with E-state index in [1.165, 1.54) is 6.07 Å². The van der Waals surface area contributed by atoms with Crippen LogP contribution >= 0.6 is 0 Å². The van der Waals surface area contributed by atoms with E-state index in [0.29, 0.717) is 4.57 Å². The summed E-state index contributed by atoms with van der Waals surface area (Å²) in [5.74, 6) is -1.13. The highest BCUT2D eigenvalue weighted by Gasteiger charge is 2.34. The van der Waals surface area contributed by atoms with Gasteiger partial charge in [-0.25, -0.2) is 9.59 Å². The smallest absolute Gasteiger partial charge is 0.372 e. The van der Waals surface area contributed by atoms with Crippen molar-refractivity contribution < 1.29 is 17.6 Å². The number of para-hydroxylation sites is 1. The summed E-state index contributed by atoms with van der Waals surface area (Å²) in [6.45, 7) is 0. The number of aryl methyl sites for hydroxylation is 1. The van der Waals surface area contributed by atoms with Gasteiger partial charge in [-0.1, -0.05) is 6.07 Å². The SMILES string of the molecule is Cn1c(=O)oc(=O)c2cccc(C(F)(F)F)c21. The molecule has 2 aromatic rings. The average molecular weight is 245 g/mol. The lowest BCUT2D eigenvalue weighted by molar-refractivity contribution is -0.136. The normalized spacial score (nSPS) is 12.0. The second-order valence-electron chi connectivity index (χ2n) is 3.41. The van der Waals surface area contributed by atoms with Gasteiger partial charge in [-0.05, 0) is 12.1 Å². The Labute approximate surface area is 91.9 Å². The number of hydrogen-bond donors (Lipinski definition) is 0. The fourth-order valence-electron chi connectivity index (χ4n) is 1.59. The van der Waals surface area contributed by atoms with Crippen molar-refractivity contribution in [1.29, 1.82) is 0 Å². The molecule has 7 heteroatoms. The Bertz CT molecular complexity index is 696. The van der Waals surface area contributed by atoms with Gasteiger partial charge in [0.25, 0.3) is 0 Å². The Kier molecular flexibility index (Phi) is 2.34. The first kappa shape index (κ1) is 11.4. The summed E-state index contributed by atoms with van der Waals surface area (Å²) >= 11 is 0. The Hall–Kier alpha value is -2.05. The lowest BCUT2D eigenvalue weighted by Gasteiger charge is -2.11. The molecule has 0 fully saturated rings. The Morgan fingerprint density at radius 3 is 2.47 bits per heavy atom. The molecule has 0 atom stereocenters. The van der Waals surface area contributed by atoms with Gasteiger partial charge in [0.15, 0.2) is 0 Å². The predicted octanol–water partition coefficient (Wildman–Crippen LogP) is 1.51. The maximum absolute atomic E-state index is 12.7. The van der Waals surface area contributed by atoms with Crippen LogP contribution in [0, 0.1) is 0 Å². The second kappa shape index (κ2) is 3.47. The topological polar surface area (TPSA) is 52.2 Å². The van der Waals surface area contributed by atoms with E-state index in [-0.39, 0.29) is 5.39 Å². The Balaban J connectivity index is 3.09. The third-order valence-electron chi connectivity index (χ3n) is 2.35. The second-order valence-corrected chi connectivity index (χ2v) is 3.41. The molecule has 1 aromatic heterocycles. The number of halogens is 3. The summed E-state index contributed by atoms with van der Waals surface area (Å²) in [5.41, 5.74) is -2.59. The van der Waals surface area contributed by atoms with E-state index in [0.717, 1.165) is 19.2 Å². The molecule has 90 valence electrons. The van der Waals surface area contributed by atoms with Crippen LogP contribution in [0.2, 0.25) is 0 Å². The van der Waals surface area contributed by atoms with Crippen LogP contribution in [0.25, 0.3) is 10.9 Å². The number of fused-ring (bicyclic) bond motifs is 1. The molecule has 0 radical (unpaired) electrons. The minimum absolute atomic E-state index is 0.276. The first-order valence-corrected chi connectivity index (χ1v) is 4.52. The van der Waals surface area contributed by atoms with Crippen molar-refractivity contribution in [3.8, 4) is 0 Å². The van der Waals surface area contributed by atoms with Gasteiger partial charge in [0.1, 0.15) is 0 Å². The van der Waals surface area contributed by atoms with E-state index in [4.69, 9.17) is 0 Å². The highest BCUT2D eigenvalue weighted by atomic mass is 19.4. The van der Waals surface area contributed by atoms with Crippen molar-refractivity contribution in [2.45, 2.75) is 6.18 Å². The Morgan fingerprint density at radius 2 is 1.88 bits per heavy atom. The zero-order valence-corrected chi connectivity index (χ0v) is 8.54. The third kappa shape index (κ3) is 1.73. The molecule has 0 aliphatic carbocycles. The van der Waals surface area contributed by atoms with Gasteiger partial charge in [0.2, 0.25) is 0 Å². The van der Waals surface area contributed by atoms with Crippen molar-refractivity contribution in [2.75, 3.05) is 0 Å². The number of hydrogen-bond acceptors (Lipinski definition) is 3. The lowest BCUT2D eigenvalue weighted by atomic mass is 10.1. The molecule has 0 bridgehead atoms. The lowest BCUT2D eigenvalue weighted by Crippen LogP contribution is -2.24. The van der Waals surface area contributed by atoms with E-state index in [9.17, 15) is 22.8 Å². The van der Waals surface area contributed by atoms with E-state index >= 15 is 0 Å². The monoisotopic (exact) mass is 245 g/mol. The van der Waals surface area contributed by atoms with Crippen LogP contribution in [-0.2, 0) is 13.2 Å². The molecule has 0 aliphatic rings. The highest BCUT2D eigenvalue weighted by molar-refractivity contribution is 5.81. The Morgan fingerprint density at radius 1 is 1.24 bits per heavy atom. The number of rotatable bonds is 0. The van der Waals surface area contributed by atoms with Crippen LogP contribution in [-0.4, -0.2) is 4.57 Å². The van der Waals surface area contributed by atoms with Crippen LogP contribution in [0.15, 0.2) is 32.2 Å². The van der Waals surface area contributed by atoms with Crippen molar-refractivity contribution in [3.63, 3.8) is 0 Å². The van der Waals surface area contributed by atoms with Crippen molar-refractivity contribution in [2.24, 2.45) is 7.05 Å². The summed E-state index contributed by atoms with van der Waals surface area (Å²) < 4.78 is 43.1. The van der Waals surface area contributed by atoms with Crippen molar-refractivity contribution >= 4 is 10.9 Å². The molecule has 2 rings (SSSR count). The van der Waals surface area contributed by atoms with Crippen molar-refractivity contribution in [1.82, 2.24) is 4.57 Å². The minimum Gasteiger partial charge on any atom is -0.372 e. The van der Waals surface area contributed by atoms with Gasteiger partial charge in [-0.15, -0.1) is 0 Å². The van der Waals surface area contributed by atoms with Crippen LogP contribution in [0.3, 0.4) is 0 Å². The maximum Gasteiger partial charge on any atom is 0.422 e. The molecular weight excluding hydrogens is 239 g/mol. The molecule has 1 aromatic carbocycles.